The van der Waals surface area contributed by atoms with E-state index in [2.05, 4.69) is 5.32 Å². The summed E-state index contributed by atoms with van der Waals surface area (Å²) in [5.41, 5.74) is 2.44. The lowest BCUT2D eigenvalue weighted by Crippen LogP contribution is -2.42. The summed E-state index contributed by atoms with van der Waals surface area (Å²) in [5.74, 6) is -1.61. The zero-order chi connectivity index (χ0) is 23.3. The predicted octanol–water partition coefficient (Wildman–Crippen LogP) is 4.00. The van der Waals surface area contributed by atoms with Crippen LogP contribution >= 0.6 is 11.3 Å². The molecule has 1 atom stereocenters. The Morgan fingerprint density at radius 3 is 2.55 bits per heavy atom. The molecule has 33 heavy (non-hydrogen) atoms. The first-order valence-electron chi connectivity index (χ1n) is 10.6. The average molecular weight is 485 g/mol. The number of anilines is 1. The van der Waals surface area contributed by atoms with Crippen LogP contribution in [-0.2, 0) is 24.3 Å². The number of carbonyl (C=O) groups excluding carboxylic acids is 2. The number of piperidine rings is 1. The lowest BCUT2D eigenvalue weighted by Gasteiger charge is -2.30. The molecule has 0 aliphatic carbocycles. The molecule has 1 aromatic heterocycles. The summed E-state index contributed by atoms with van der Waals surface area (Å²) >= 11 is 1.15. The smallest absolute Gasteiger partial charge is 0.310 e. The van der Waals surface area contributed by atoms with Crippen molar-refractivity contribution in [2.75, 3.05) is 25.0 Å². The van der Waals surface area contributed by atoms with Crippen LogP contribution in [0.5, 0.6) is 0 Å². The maximum Gasteiger partial charge on any atom is 0.310 e. The molecule has 1 amide bonds. The Bertz CT molecular complexity index is 1210. The largest absolute Gasteiger partial charge is 0.455 e. The molecular weight excluding hydrogens is 460 g/mol. The van der Waals surface area contributed by atoms with Gasteiger partial charge in [0, 0.05) is 24.3 Å². The highest BCUT2D eigenvalue weighted by Crippen LogP contribution is 2.28. The van der Waals surface area contributed by atoms with Crippen molar-refractivity contribution < 1.29 is 22.7 Å². The first-order chi connectivity index (χ1) is 15.9. The van der Waals surface area contributed by atoms with Crippen molar-refractivity contribution in [2.24, 2.45) is 5.92 Å². The van der Waals surface area contributed by atoms with E-state index in [1.807, 2.05) is 48.5 Å². The summed E-state index contributed by atoms with van der Waals surface area (Å²) < 4.78 is 32.3. The van der Waals surface area contributed by atoms with Crippen LogP contribution in [0.4, 0.5) is 5.69 Å². The van der Waals surface area contributed by atoms with E-state index in [1.54, 1.807) is 23.6 Å². The molecule has 1 aliphatic rings. The summed E-state index contributed by atoms with van der Waals surface area (Å²) in [5, 5.41) is 4.50. The summed E-state index contributed by atoms with van der Waals surface area (Å²) in [4.78, 5) is 25.1. The molecule has 4 rings (SSSR count). The fourth-order valence-corrected chi connectivity index (χ4v) is 6.46. The van der Waals surface area contributed by atoms with E-state index < -0.39 is 34.4 Å². The minimum Gasteiger partial charge on any atom is -0.455 e. The van der Waals surface area contributed by atoms with E-state index in [0.717, 1.165) is 22.5 Å². The van der Waals surface area contributed by atoms with Gasteiger partial charge in [-0.1, -0.05) is 54.6 Å². The molecule has 1 fully saturated rings. The standard InChI is InChI=1S/C24H24N2O5S2/c27-22(25-21-12-5-4-11-20(21)18-8-2-1-3-9-18)17-31-24(28)19-10-6-14-26(16-19)33(29,30)23-13-7-15-32-23/h1-5,7-9,11-13,15,19H,6,10,14,16-17H2,(H,25,27). The van der Waals surface area contributed by atoms with E-state index in [1.165, 1.54) is 4.31 Å². The highest BCUT2D eigenvalue weighted by Gasteiger charge is 2.34. The summed E-state index contributed by atoms with van der Waals surface area (Å²) in [6.07, 6.45) is 1.08. The zero-order valence-corrected chi connectivity index (χ0v) is 19.5. The first kappa shape index (κ1) is 23.2. The van der Waals surface area contributed by atoms with Crippen LogP contribution in [0.15, 0.2) is 76.3 Å². The second-order valence-corrected chi connectivity index (χ2v) is 10.8. The summed E-state index contributed by atoms with van der Waals surface area (Å²) in [7, 11) is -3.62. The van der Waals surface area contributed by atoms with Crippen molar-refractivity contribution in [3.63, 3.8) is 0 Å². The molecule has 0 spiro atoms. The SMILES string of the molecule is O=C(COC(=O)C1CCCN(S(=O)(=O)c2cccs2)C1)Nc1ccccc1-c1ccccc1. The summed E-state index contributed by atoms with van der Waals surface area (Å²) in [6, 6.07) is 20.3. The van der Waals surface area contributed by atoms with Gasteiger partial charge in [0.15, 0.2) is 6.61 Å². The molecule has 1 aliphatic heterocycles. The van der Waals surface area contributed by atoms with E-state index in [4.69, 9.17) is 4.74 Å². The number of rotatable bonds is 7. The number of amides is 1. The van der Waals surface area contributed by atoms with E-state index in [-0.39, 0.29) is 10.8 Å². The van der Waals surface area contributed by atoms with Gasteiger partial charge in [-0.25, -0.2) is 8.42 Å². The quantitative estimate of drug-likeness (QED) is 0.512. The van der Waals surface area contributed by atoms with Crippen molar-refractivity contribution in [3.05, 3.63) is 72.1 Å². The number of carbonyl (C=O) groups is 2. The van der Waals surface area contributed by atoms with Crippen LogP contribution in [0.1, 0.15) is 12.8 Å². The number of benzene rings is 2. The average Bonchev–Trinajstić information content (AvgIpc) is 3.40. The molecule has 0 radical (unpaired) electrons. The van der Waals surface area contributed by atoms with Gasteiger partial charge in [-0.2, -0.15) is 4.31 Å². The predicted molar refractivity (Wildman–Crippen MR) is 127 cm³/mol. The van der Waals surface area contributed by atoms with Crippen molar-refractivity contribution >= 4 is 38.9 Å². The number of esters is 1. The van der Waals surface area contributed by atoms with Crippen molar-refractivity contribution in [1.29, 1.82) is 0 Å². The lowest BCUT2D eigenvalue weighted by atomic mass is 10.00. The molecule has 172 valence electrons. The minimum absolute atomic E-state index is 0.0531. The molecule has 1 unspecified atom stereocenters. The number of para-hydroxylation sites is 1. The van der Waals surface area contributed by atoms with Crippen molar-refractivity contribution in [2.45, 2.75) is 17.1 Å². The van der Waals surface area contributed by atoms with Gasteiger partial charge < -0.3 is 10.1 Å². The Kier molecular flexibility index (Phi) is 7.22. The molecule has 9 heteroatoms. The second kappa shape index (κ2) is 10.3. The Hall–Kier alpha value is -3.01. The number of sulfonamides is 1. The van der Waals surface area contributed by atoms with Crippen LogP contribution < -0.4 is 5.32 Å². The van der Waals surface area contributed by atoms with Gasteiger partial charge in [0.05, 0.1) is 5.92 Å². The van der Waals surface area contributed by atoms with E-state index >= 15 is 0 Å². The molecule has 0 saturated carbocycles. The van der Waals surface area contributed by atoms with Crippen LogP contribution in [0.2, 0.25) is 0 Å². The normalized spacial score (nSPS) is 16.8. The Morgan fingerprint density at radius 1 is 1.03 bits per heavy atom. The van der Waals surface area contributed by atoms with Crippen molar-refractivity contribution in [1.82, 2.24) is 4.31 Å². The number of thiophene rings is 1. The molecular formula is C24H24N2O5S2. The van der Waals surface area contributed by atoms with Gasteiger partial charge in [0.2, 0.25) is 0 Å². The maximum atomic E-state index is 12.8. The van der Waals surface area contributed by atoms with Gasteiger partial charge >= 0.3 is 5.97 Å². The Balaban J connectivity index is 1.34. The highest BCUT2D eigenvalue weighted by molar-refractivity contribution is 7.91. The maximum absolute atomic E-state index is 12.8. The number of hydrogen-bond donors (Lipinski definition) is 1. The molecule has 3 aromatic rings. The molecule has 1 N–H and O–H groups in total. The van der Waals surface area contributed by atoms with Crippen LogP contribution in [0, 0.1) is 5.92 Å². The molecule has 2 heterocycles. The van der Waals surface area contributed by atoms with Crippen LogP contribution in [-0.4, -0.2) is 44.3 Å². The fourth-order valence-electron chi connectivity index (χ4n) is 3.79. The van der Waals surface area contributed by atoms with Gasteiger partial charge in [-0.3, -0.25) is 9.59 Å². The first-order valence-corrected chi connectivity index (χ1v) is 12.9. The van der Waals surface area contributed by atoms with Gasteiger partial charge in [-0.15, -0.1) is 11.3 Å². The Morgan fingerprint density at radius 2 is 1.79 bits per heavy atom. The van der Waals surface area contributed by atoms with Gasteiger partial charge in [0.25, 0.3) is 15.9 Å². The number of nitrogens with one attached hydrogen (secondary N) is 1. The number of ether oxygens (including phenoxy) is 1. The lowest BCUT2D eigenvalue weighted by molar-refractivity contribution is -0.152. The zero-order valence-electron chi connectivity index (χ0n) is 17.8. The van der Waals surface area contributed by atoms with Gasteiger partial charge in [0.1, 0.15) is 4.21 Å². The minimum atomic E-state index is -3.62. The molecule has 0 bridgehead atoms. The topological polar surface area (TPSA) is 92.8 Å². The third kappa shape index (κ3) is 5.50. The monoisotopic (exact) mass is 484 g/mol. The van der Waals surface area contributed by atoms with Crippen LogP contribution in [0.25, 0.3) is 11.1 Å². The summed E-state index contributed by atoms with van der Waals surface area (Å²) in [6.45, 7) is -0.0194. The van der Waals surface area contributed by atoms with E-state index in [0.29, 0.717) is 25.1 Å². The van der Waals surface area contributed by atoms with Gasteiger partial charge in [-0.05, 0) is 35.9 Å². The third-order valence-corrected chi connectivity index (χ3v) is 8.68. The second-order valence-electron chi connectivity index (χ2n) is 7.70. The number of nitrogens with zero attached hydrogens (tertiary/aromatic N) is 1. The molecule has 7 nitrogen and oxygen atoms in total. The molecule has 1 saturated heterocycles. The Labute approximate surface area is 197 Å². The molecule has 2 aromatic carbocycles. The fraction of sp³-hybridized carbons (Fsp3) is 0.250. The third-order valence-electron chi connectivity index (χ3n) is 5.44. The van der Waals surface area contributed by atoms with Crippen LogP contribution in [0.3, 0.4) is 0 Å². The van der Waals surface area contributed by atoms with Crippen molar-refractivity contribution in [3.8, 4) is 11.1 Å². The number of hydrogen-bond acceptors (Lipinski definition) is 6. The van der Waals surface area contributed by atoms with E-state index in [9.17, 15) is 18.0 Å². The highest BCUT2D eigenvalue weighted by atomic mass is 32.2.